The molecule has 0 saturated carbocycles. The molecule has 9 heteroatoms. The van der Waals surface area contributed by atoms with E-state index in [9.17, 15) is 17.2 Å². The molecule has 1 fully saturated rings. The Morgan fingerprint density at radius 3 is 2.50 bits per heavy atom. The monoisotopic (exact) mass is 351 g/mol. The average Bonchev–Trinajstić information content (AvgIpc) is 2.45. The summed E-state index contributed by atoms with van der Waals surface area (Å²) < 4.78 is 53.7. The van der Waals surface area contributed by atoms with Crippen LogP contribution in [0.15, 0.2) is 17.0 Å². The lowest BCUT2D eigenvalue weighted by Gasteiger charge is -2.22. The van der Waals surface area contributed by atoms with E-state index in [1.165, 1.54) is 0 Å². The Morgan fingerprint density at radius 1 is 1.36 bits per heavy atom. The highest BCUT2D eigenvalue weighted by Gasteiger charge is 2.26. The minimum absolute atomic E-state index is 0. The van der Waals surface area contributed by atoms with Gasteiger partial charge < -0.3 is 5.32 Å². The summed E-state index contributed by atoms with van der Waals surface area (Å²) in [5.41, 5.74) is -0.263. The molecule has 5 nitrogen and oxygen atoms in total. The van der Waals surface area contributed by atoms with Crippen LogP contribution in [0.3, 0.4) is 0 Å². The fourth-order valence-corrected chi connectivity index (χ4v) is 3.51. The number of hydrogen-bond donors (Lipinski definition) is 2. The second-order valence-corrected chi connectivity index (χ2v) is 6.65. The maximum absolute atomic E-state index is 13.7. The quantitative estimate of drug-likeness (QED) is 0.862. The molecular formula is C13H16ClF2N3O2S. The Kier molecular flexibility index (Phi) is 6.68. The highest BCUT2D eigenvalue weighted by molar-refractivity contribution is 7.89. The number of nitrogens with zero attached hydrogens (tertiary/aromatic N) is 1. The molecule has 1 saturated heterocycles. The highest BCUT2D eigenvalue weighted by Crippen LogP contribution is 2.20. The van der Waals surface area contributed by atoms with Crippen LogP contribution in [0.4, 0.5) is 8.78 Å². The Morgan fingerprint density at radius 2 is 2.00 bits per heavy atom. The lowest BCUT2D eigenvalue weighted by Crippen LogP contribution is -2.38. The van der Waals surface area contributed by atoms with Crippen molar-refractivity contribution >= 4 is 22.4 Å². The topological polar surface area (TPSA) is 82.0 Å². The van der Waals surface area contributed by atoms with E-state index in [-0.39, 0.29) is 30.4 Å². The maximum atomic E-state index is 13.7. The number of nitriles is 1. The van der Waals surface area contributed by atoms with E-state index < -0.39 is 26.6 Å². The lowest BCUT2D eigenvalue weighted by atomic mass is 10.0. The molecule has 2 N–H and O–H groups in total. The molecule has 0 amide bonds. The fourth-order valence-electron chi connectivity index (χ4n) is 2.28. The number of halogens is 3. The number of hydrogen-bond acceptors (Lipinski definition) is 4. The summed E-state index contributed by atoms with van der Waals surface area (Å²) in [6, 6.07) is 2.98. The van der Waals surface area contributed by atoms with Crippen molar-refractivity contribution in [3.8, 4) is 6.07 Å². The smallest absolute Gasteiger partial charge is 0.246 e. The zero-order valence-corrected chi connectivity index (χ0v) is 13.2. The molecule has 0 aromatic heterocycles. The maximum Gasteiger partial charge on any atom is 0.246 e. The van der Waals surface area contributed by atoms with Crippen LogP contribution in [0.2, 0.25) is 0 Å². The molecule has 1 aromatic carbocycles. The van der Waals surface area contributed by atoms with Crippen molar-refractivity contribution in [2.45, 2.75) is 17.7 Å². The Hall–Kier alpha value is -1.27. The van der Waals surface area contributed by atoms with Crippen molar-refractivity contribution < 1.29 is 17.2 Å². The van der Waals surface area contributed by atoms with E-state index in [1.807, 2.05) is 0 Å². The SMILES string of the molecule is Cl.N#Cc1cc(F)c(S(=O)(=O)NCC2CCCNC2)c(F)c1. The van der Waals surface area contributed by atoms with E-state index in [0.29, 0.717) is 18.7 Å². The number of piperidine rings is 1. The first kappa shape index (κ1) is 18.8. The van der Waals surface area contributed by atoms with E-state index >= 15 is 0 Å². The lowest BCUT2D eigenvalue weighted by molar-refractivity contribution is 0.375. The normalized spacial score (nSPS) is 18.3. The third-order valence-corrected chi connectivity index (χ3v) is 4.83. The van der Waals surface area contributed by atoms with Gasteiger partial charge in [-0.15, -0.1) is 12.4 Å². The van der Waals surface area contributed by atoms with Crippen LogP contribution < -0.4 is 10.0 Å². The van der Waals surface area contributed by atoms with Gasteiger partial charge >= 0.3 is 0 Å². The van der Waals surface area contributed by atoms with Crippen LogP contribution in [0.1, 0.15) is 18.4 Å². The summed E-state index contributed by atoms with van der Waals surface area (Å²) in [5.74, 6) is -2.43. The van der Waals surface area contributed by atoms with E-state index in [4.69, 9.17) is 5.26 Å². The van der Waals surface area contributed by atoms with Gasteiger partial charge in [-0.1, -0.05) is 0 Å². The van der Waals surface area contributed by atoms with Crippen molar-refractivity contribution in [2.75, 3.05) is 19.6 Å². The van der Waals surface area contributed by atoms with Crippen LogP contribution in [-0.2, 0) is 10.0 Å². The molecule has 1 unspecified atom stereocenters. The van der Waals surface area contributed by atoms with Crippen molar-refractivity contribution in [2.24, 2.45) is 5.92 Å². The molecule has 1 heterocycles. The average molecular weight is 352 g/mol. The second-order valence-electron chi connectivity index (χ2n) is 4.95. The molecule has 0 spiro atoms. The molecule has 1 atom stereocenters. The minimum Gasteiger partial charge on any atom is -0.316 e. The predicted molar refractivity (Wildman–Crippen MR) is 79.1 cm³/mol. The van der Waals surface area contributed by atoms with Crippen molar-refractivity contribution in [1.29, 1.82) is 5.26 Å². The fraction of sp³-hybridized carbons (Fsp3) is 0.462. The van der Waals surface area contributed by atoms with Gasteiger partial charge in [-0.25, -0.2) is 21.9 Å². The molecule has 2 rings (SSSR count). The van der Waals surface area contributed by atoms with Crippen molar-refractivity contribution in [1.82, 2.24) is 10.0 Å². The van der Waals surface area contributed by atoms with Gasteiger partial charge in [0, 0.05) is 6.54 Å². The van der Waals surface area contributed by atoms with E-state index in [0.717, 1.165) is 19.4 Å². The zero-order valence-electron chi connectivity index (χ0n) is 11.6. The molecule has 0 bridgehead atoms. The number of rotatable bonds is 4. The third kappa shape index (κ3) is 4.36. The molecule has 22 heavy (non-hydrogen) atoms. The summed E-state index contributed by atoms with van der Waals surface area (Å²) in [7, 11) is -4.28. The molecule has 1 aliphatic rings. The standard InChI is InChI=1S/C13H15F2N3O2S.ClH/c14-11-4-10(6-16)5-12(15)13(11)21(19,20)18-8-9-2-1-3-17-7-9;/h4-5,9,17-18H,1-3,7-8H2;1H. The summed E-state index contributed by atoms with van der Waals surface area (Å²) in [4.78, 5) is -1.04. The number of sulfonamides is 1. The molecule has 1 aromatic rings. The van der Waals surface area contributed by atoms with Crippen LogP contribution >= 0.6 is 12.4 Å². The number of nitrogens with one attached hydrogen (secondary N) is 2. The Labute approximate surface area is 134 Å². The highest BCUT2D eigenvalue weighted by atomic mass is 35.5. The first-order chi connectivity index (χ1) is 9.94. The van der Waals surface area contributed by atoms with Gasteiger partial charge in [0.1, 0.15) is 11.6 Å². The van der Waals surface area contributed by atoms with Crippen LogP contribution in [0.5, 0.6) is 0 Å². The Balaban J connectivity index is 0.00000242. The van der Waals surface area contributed by atoms with Gasteiger partial charge in [-0.05, 0) is 44.0 Å². The van der Waals surface area contributed by atoms with Gasteiger partial charge in [0.25, 0.3) is 0 Å². The summed E-state index contributed by atoms with van der Waals surface area (Å²) >= 11 is 0. The Bertz CT molecular complexity index is 647. The first-order valence-corrected chi connectivity index (χ1v) is 8.02. The van der Waals surface area contributed by atoms with Crippen LogP contribution in [-0.4, -0.2) is 28.1 Å². The molecular weight excluding hydrogens is 336 g/mol. The first-order valence-electron chi connectivity index (χ1n) is 6.53. The minimum atomic E-state index is -4.28. The van der Waals surface area contributed by atoms with Crippen molar-refractivity contribution in [3.05, 3.63) is 29.3 Å². The number of benzene rings is 1. The largest absolute Gasteiger partial charge is 0.316 e. The third-order valence-electron chi connectivity index (χ3n) is 3.36. The van der Waals surface area contributed by atoms with Gasteiger partial charge in [0.2, 0.25) is 10.0 Å². The van der Waals surface area contributed by atoms with Crippen LogP contribution in [0, 0.1) is 28.9 Å². The predicted octanol–water partition coefficient (Wildman–Crippen LogP) is 1.54. The molecule has 122 valence electrons. The van der Waals surface area contributed by atoms with Crippen LogP contribution in [0.25, 0.3) is 0 Å². The van der Waals surface area contributed by atoms with Gasteiger partial charge in [0.15, 0.2) is 4.90 Å². The van der Waals surface area contributed by atoms with E-state index in [2.05, 4.69) is 10.0 Å². The van der Waals surface area contributed by atoms with Gasteiger partial charge in [0.05, 0.1) is 11.6 Å². The zero-order chi connectivity index (χ0) is 15.5. The second kappa shape index (κ2) is 7.83. The summed E-state index contributed by atoms with van der Waals surface area (Å²) in [6.45, 7) is 1.68. The molecule has 0 radical (unpaired) electrons. The summed E-state index contributed by atoms with van der Waals surface area (Å²) in [5, 5.41) is 11.7. The van der Waals surface area contributed by atoms with Gasteiger partial charge in [-0.3, -0.25) is 0 Å². The summed E-state index contributed by atoms with van der Waals surface area (Å²) in [6.07, 6.45) is 1.79. The van der Waals surface area contributed by atoms with E-state index in [1.54, 1.807) is 6.07 Å². The molecule has 1 aliphatic heterocycles. The molecule has 0 aliphatic carbocycles. The van der Waals surface area contributed by atoms with Gasteiger partial charge in [-0.2, -0.15) is 5.26 Å². The van der Waals surface area contributed by atoms with Crippen molar-refractivity contribution in [3.63, 3.8) is 0 Å².